The third-order valence-corrected chi connectivity index (χ3v) is 14.3. The van der Waals surface area contributed by atoms with E-state index in [0.717, 1.165) is 38.5 Å². The molecule has 0 aromatic carbocycles. The van der Waals surface area contributed by atoms with Crippen molar-refractivity contribution in [2.45, 2.75) is 291 Å². The number of aliphatic hydroxyl groups excluding tert-OH is 11. The summed E-state index contributed by atoms with van der Waals surface area (Å²) in [6.07, 6.45) is 8.40. The van der Waals surface area contributed by atoms with Crippen molar-refractivity contribution in [3.05, 3.63) is 12.2 Å². The fraction of sp³-hybridized carbons (Fsp3) is 0.943. The quantitative estimate of drug-likeness (QED) is 0.0309. The van der Waals surface area contributed by atoms with Gasteiger partial charge >= 0.3 is 0 Å². The van der Waals surface area contributed by atoms with Crippen molar-refractivity contribution >= 4 is 5.91 Å². The van der Waals surface area contributed by atoms with Gasteiger partial charge < -0.3 is 89.9 Å². The first-order valence-electron chi connectivity index (χ1n) is 27.9. The van der Waals surface area contributed by atoms with E-state index in [4.69, 9.17) is 28.4 Å². The van der Waals surface area contributed by atoms with E-state index in [1.165, 1.54) is 109 Å². The Morgan fingerprint density at radius 1 is 0.486 bits per heavy atom. The number of carbonyl (C=O) groups is 1. The van der Waals surface area contributed by atoms with Gasteiger partial charge in [0.15, 0.2) is 18.9 Å². The van der Waals surface area contributed by atoms with E-state index in [0.29, 0.717) is 19.3 Å². The number of amides is 1. The monoisotopic (exact) mass is 1040 g/mol. The molecule has 19 nitrogen and oxygen atoms in total. The van der Waals surface area contributed by atoms with Gasteiger partial charge in [-0.3, -0.25) is 4.79 Å². The Morgan fingerprint density at radius 3 is 1.35 bits per heavy atom. The van der Waals surface area contributed by atoms with Crippen molar-refractivity contribution in [1.82, 2.24) is 5.32 Å². The van der Waals surface area contributed by atoms with Crippen LogP contribution in [0.15, 0.2) is 12.2 Å². The van der Waals surface area contributed by atoms with Gasteiger partial charge in [-0.25, -0.2) is 0 Å². The Kier molecular flexibility index (Phi) is 34.3. The van der Waals surface area contributed by atoms with Crippen LogP contribution < -0.4 is 5.32 Å². The summed E-state index contributed by atoms with van der Waals surface area (Å²) in [6, 6.07) is -0.879. The highest BCUT2D eigenvalue weighted by Crippen LogP contribution is 2.33. The van der Waals surface area contributed by atoms with Crippen LogP contribution in [-0.2, 0) is 33.2 Å². The summed E-state index contributed by atoms with van der Waals surface area (Å²) >= 11 is 0. The highest BCUT2D eigenvalue weighted by Gasteiger charge is 2.53. The minimum atomic E-state index is -1.97. The average molecular weight is 1040 g/mol. The molecule has 0 aromatic rings. The second-order valence-electron chi connectivity index (χ2n) is 20.4. The maximum Gasteiger partial charge on any atom is 0.220 e. The van der Waals surface area contributed by atoms with E-state index < -0.39 is 124 Å². The molecule has 0 saturated carbocycles. The summed E-state index contributed by atoms with van der Waals surface area (Å²) in [5.41, 5.74) is 0. The zero-order valence-electron chi connectivity index (χ0n) is 43.7. The molecule has 0 aliphatic carbocycles. The second kappa shape index (κ2) is 38.1. The minimum Gasteiger partial charge on any atom is -0.394 e. The lowest BCUT2D eigenvalue weighted by atomic mass is 9.96. The Morgan fingerprint density at radius 2 is 0.875 bits per heavy atom. The highest BCUT2D eigenvalue weighted by atomic mass is 16.8. The fourth-order valence-corrected chi connectivity index (χ4v) is 9.66. The van der Waals surface area contributed by atoms with Crippen LogP contribution in [0.1, 0.15) is 187 Å². The lowest BCUT2D eigenvalue weighted by molar-refractivity contribution is -0.379. The van der Waals surface area contributed by atoms with Gasteiger partial charge in [0.1, 0.15) is 73.2 Å². The molecule has 1 amide bonds. The van der Waals surface area contributed by atoms with Crippen LogP contribution in [-0.4, -0.2) is 193 Å². The van der Waals surface area contributed by atoms with Gasteiger partial charge in [0.2, 0.25) is 5.91 Å². The molecule has 3 rings (SSSR count). The molecule has 0 spiro atoms. The summed E-state index contributed by atoms with van der Waals surface area (Å²) in [6.45, 7) is 1.64. The smallest absolute Gasteiger partial charge is 0.220 e. The van der Waals surface area contributed by atoms with Crippen molar-refractivity contribution in [2.24, 2.45) is 0 Å². The van der Waals surface area contributed by atoms with Crippen molar-refractivity contribution in [3.63, 3.8) is 0 Å². The average Bonchev–Trinajstić information content (AvgIpc) is 3.38. The molecule has 0 bridgehead atoms. The third kappa shape index (κ3) is 23.0. The lowest BCUT2D eigenvalue weighted by Crippen LogP contribution is -2.66. The van der Waals surface area contributed by atoms with Gasteiger partial charge in [0.05, 0.1) is 38.6 Å². The van der Waals surface area contributed by atoms with E-state index in [1.54, 1.807) is 0 Å². The number of aliphatic hydroxyl groups is 11. The molecule has 3 aliphatic rings. The maximum atomic E-state index is 13.2. The van der Waals surface area contributed by atoms with Crippen molar-refractivity contribution in [3.8, 4) is 0 Å². The first-order chi connectivity index (χ1) is 34.8. The molecule has 17 unspecified atom stereocenters. The van der Waals surface area contributed by atoms with Gasteiger partial charge in [0, 0.05) is 6.42 Å². The van der Waals surface area contributed by atoms with Gasteiger partial charge in [-0.15, -0.1) is 0 Å². The lowest BCUT2D eigenvalue weighted by Gasteiger charge is -2.48. The molecule has 3 fully saturated rings. The van der Waals surface area contributed by atoms with Gasteiger partial charge in [0.25, 0.3) is 0 Å². The number of unbranched alkanes of at least 4 members (excludes halogenated alkanes) is 22. The Bertz CT molecular complexity index is 1380. The highest BCUT2D eigenvalue weighted by molar-refractivity contribution is 5.76. The summed E-state index contributed by atoms with van der Waals surface area (Å²) < 4.78 is 34.0. The topological polar surface area (TPSA) is 307 Å². The normalized spacial score (nSPS) is 32.0. The molecule has 17 atom stereocenters. The molecule has 0 aromatic heterocycles. The number of ether oxygens (including phenoxy) is 6. The Balaban J connectivity index is 1.38. The van der Waals surface area contributed by atoms with Crippen molar-refractivity contribution < 1.29 is 89.4 Å². The summed E-state index contributed by atoms with van der Waals surface area (Å²) in [7, 11) is 0. The van der Waals surface area contributed by atoms with Crippen LogP contribution in [0.2, 0.25) is 0 Å². The van der Waals surface area contributed by atoms with Crippen LogP contribution in [0.25, 0.3) is 0 Å². The largest absolute Gasteiger partial charge is 0.394 e. The summed E-state index contributed by atoms with van der Waals surface area (Å²) in [5.74, 6) is -0.253. The number of carbonyl (C=O) groups excluding carboxylic acids is 1. The van der Waals surface area contributed by atoms with Crippen LogP contribution in [0.3, 0.4) is 0 Å². The minimum absolute atomic E-state index is 0.253. The van der Waals surface area contributed by atoms with Crippen molar-refractivity contribution in [2.75, 3.05) is 26.4 Å². The van der Waals surface area contributed by atoms with Crippen LogP contribution in [0.5, 0.6) is 0 Å². The summed E-state index contributed by atoms with van der Waals surface area (Å²) in [4.78, 5) is 13.2. The molecular weight excluding hydrogens is 939 g/mol. The molecular formula is C53H99NO18. The fourth-order valence-electron chi connectivity index (χ4n) is 9.66. The number of hydrogen-bond acceptors (Lipinski definition) is 18. The predicted octanol–water partition coefficient (Wildman–Crippen LogP) is 3.43. The van der Waals surface area contributed by atoms with Gasteiger partial charge in [-0.05, 0) is 38.5 Å². The maximum absolute atomic E-state index is 13.2. The Hall–Kier alpha value is -1.47. The number of nitrogens with one attached hydrogen (secondary N) is 1. The zero-order chi connectivity index (χ0) is 52.7. The van der Waals surface area contributed by atoms with Crippen LogP contribution in [0, 0.1) is 0 Å². The first-order valence-corrected chi connectivity index (χ1v) is 27.9. The van der Waals surface area contributed by atoms with Crippen LogP contribution in [0.4, 0.5) is 0 Å². The number of allylic oxidation sites excluding steroid dienone is 2. The molecule has 12 N–H and O–H groups in total. The number of rotatable bonds is 40. The molecule has 424 valence electrons. The Labute approximate surface area is 429 Å². The molecule has 72 heavy (non-hydrogen) atoms. The molecule has 0 radical (unpaired) electrons. The van der Waals surface area contributed by atoms with E-state index in [9.17, 15) is 61.0 Å². The van der Waals surface area contributed by atoms with Gasteiger partial charge in [-0.1, -0.05) is 154 Å². The standard InChI is InChI=1S/C53H99NO18/c1-3-5-7-9-10-11-12-13-14-15-16-17-18-19-20-21-22-23-24-25-26-27-29-31-41(59)54-36(37(58)30-28-8-6-4-2)35-67-51-47(65)44(62)49(39(33-56)69-51)72-53-48(66)45(63)50(40(34-57)70-53)71-52-46(64)43(61)42(60)38(32-55)68-52/h15-16,36-40,42-53,55-58,60-66H,3-14,17-35H2,1-2H3,(H,54,59)/b16-15-. The summed E-state index contributed by atoms with van der Waals surface area (Å²) in [5, 5.41) is 119. The zero-order valence-corrected chi connectivity index (χ0v) is 43.7. The van der Waals surface area contributed by atoms with E-state index in [1.807, 2.05) is 0 Å². The van der Waals surface area contributed by atoms with E-state index >= 15 is 0 Å². The van der Waals surface area contributed by atoms with Crippen molar-refractivity contribution in [1.29, 1.82) is 0 Å². The second-order valence-corrected chi connectivity index (χ2v) is 20.4. The molecule has 3 heterocycles. The predicted molar refractivity (Wildman–Crippen MR) is 268 cm³/mol. The first kappa shape index (κ1) is 64.8. The molecule has 3 saturated heterocycles. The third-order valence-electron chi connectivity index (χ3n) is 14.3. The number of hydrogen-bond donors (Lipinski definition) is 12. The molecule has 3 aliphatic heterocycles. The molecule has 19 heteroatoms. The van der Waals surface area contributed by atoms with Crippen LogP contribution >= 0.6 is 0 Å². The van der Waals surface area contributed by atoms with E-state index in [2.05, 4.69) is 31.3 Å². The SMILES string of the molecule is CCCCCCCCCC/C=C\CCCCCCCCCCCCCC(=O)NC(COC1OC(CO)C(OC2OC(CO)C(OC3OC(CO)C(O)C(O)C3O)C(O)C2O)C(O)C1O)C(O)CCCCCC. The van der Waals surface area contributed by atoms with Gasteiger partial charge in [-0.2, -0.15) is 0 Å². The van der Waals surface area contributed by atoms with E-state index in [-0.39, 0.29) is 18.9 Å².